The topological polar surface area (TPSA) is 74.6 Å². The van der Waals surface area contributed by atoms with Crippen molar-refractivity contribution in [3.8, 4) is 0 Å². The molecule has 2 N–H and O–H groups in total. The van der Waals surface area contributed by atoms with Crippen LogP contribution in [0.5, 0.6) is 0 Å². The van der Waals surface area contributed by atoms with Crippen molar-refractivity contribution in [2.45, 2.75) is 24.7 Å². The van der Waals surface area contributed by atoms with Crippen molar-refractivity contribution in [3.63, 3.8) is 0 Å². The van der Waals surface area contributed by atoms with Crippen LogP contribution in [0.15, 0.2) is 53.4 Å². The molecule has 0 bridgehead atoms. The average molecular weight is 372 g/mol. The fraction of sp³-hybridized carbons (Fsp3) is 0.150. The average Bonchev–Trinajstić information content (AvgIpc) is 2.59. The van der Waals surface area contributed by atoms with E-state index in [1.165, 1.54) is 12.1 Å². The SMILES string of the molecule is Cc1c(CC(=O)O)cc2ccc(F)cc2c1Cc1cccc(S(=O)O)c1. The second-order valence-corrected chi connectivity index (χ2v) is 7.12. The first-order chi connectivity index (χ1) is 12.3. The molecule has 3 aromatic carbocycles. The van der Waals surface area contributed by atoms with Gasteiger partial charge in [0.15, 0.2) is 11.1 Å². The molecule has 134 valence electrons. The molecule has 1 unspecified atom stereocenters. The van der Waals surface area contributed by atoms with E-state index in [2.05, 4.69) is 0 Å². The van der Waals surface area contributed by atoms with Gasteiger partial charge >= 0.3 is 5.97 Å². The van der Waals surface area contributed by atoms with Crippen molar-refractivity contribution in [3.05, 3.63) is 76.6 Å². The first-order valence-corrected chi connectivity index (χ1v) is 9.08. The maximum absolute atomic E-state index is 13.8. The van der Waals surface area contributed by atoms with Crippen molar-refractivity contribution in [1.82, 2.24) is 0 Å². The van der Waals surface area contributed by atoms with E-state index in [0.717, 1.165) is 22.1 Å². The van der Waals surface area contributed by atoms with Crippen LogP contribution in [0.2, 0.25) is 0 Å². The second kappa shape index (κ2) is 7.35. The van der Waals surface area contributed by atoms with Crippen molar-refractivity contribution in [2.24, 2.45) is 0 Å². The molecule has 0 spiro atoms. The van der Waals surface area contributed by atoms with E-state index in [9.17, 15) is 17.9 Å². The lowest BCUT2D eigenvalue weighted by atomic mass is 9.90. The van der Waals surface area contributed by atoms with Crippen LogP contribution in [0.25, 0.3) is 10.8 Å². The van der Waals surface area contributed by atoms with Crippen LogP contribution in [0.3, 0.4) is 0 Å². The summed E-state index contributed by atoms with van der Waals surface area (Å²) in [6, 6.07) is 12.9. The zero-order valence-corrected chi connectivity index (χ0v) is 14.8. The van der Waals surface area contributed by atoms with E-state index < -0.39 is 17.0 Å². The molecule has 0 fully saturated rings. The summed E-state index contributed by atoms with van der Waals surface area (Å²) in [5.74, 6) is -1.30. The second-order valence-electron chi connectivity index (χ2n) is 6.15. The molecule has 0 aromatic heterocycles. The Labute approximate surface area is 152 Å². The quantitative estimate of drug-likeness (QED) is 0.662. The van der Waals surface area contributed by atoms with Gasteiger partial charge in [-0.25, -0.2) is 8.60 Å². The van der Waals surface area contributed by atoms with Gasteiger partial charge < -0.3 is 9.66 Å². The Morgan fingerprint density at radius 1 is 1.15 bits per heavy atom. The third kappa shape index (κ3) is 3.81. The number of hydrogen-bond donors (Lipinski definition) is 2. The maximum atomic E-state index is 13.8. The molecule has 3 rings (SSSR count). The minimum absolute atomic E-state index is 0.118. The lowest BCUT2D eigenvalue weighted by Crippen LogP contribution is -2.05. The standard InChI is InChI=1S/C20H17FO4S/c1-12-15(10-20(22)23)9-14-5-6-16(21)11-19(14)18(12)8-13-3-2-4-17(7-13)26(24)25/h2-7,9,11H,8,10H2,1H3,(H,22,23)(H,24,25). The number of fused-ring (bicyclic) bond motifs is 1. The highest BCUT2D eigenvalue weighted by Crippen LogP contribution is 2.29. The van der Waals surface area contributed by atoms with E-state index in [1.807, 2.05) is 13.0 Å². The Kier molecular flexibility index (Phi) is 5.15. The normalized spacial score (nSPS) is 12.3. The molecular weight excluding hydrogens is 355 g/mol. The molecule has 0 aliphatic heterocycles. The first-order valence-electron chi connectivity index (χ1n) is 7.97. The molecule has 0 saturated heterocycles. The molecule has 0 amide bonds. The number of carbonyl (C=O) groups is 1. The van der Waals surface area contributed by atoms with Gasteiger partial charge in [0.05, 0.1) is 11.3 Å². The van der Waals surface area contributed by atoms with E-state index >= 15 is 0 Å². The number of rotatable bonds is 5. The third-order valence-corrected chi connectivity index (χ3v) is 5.08. The lowest BCUT2D eigenvalue weighted by molar-refractivity contribution is -0.136. The van der Waals surface area contributed by atoms with Gasteiger partial charge in [-0.15, -0.1) is 0 Å². The number of carboxylic acids is 1. The summed E-state index contributed by atoms with van der Waals surface area (Å²) in [5.41, 5.74) is 3.08. The van der Waals surface area contributed by atoms with E-state index in [-0.39, 0.29) is 17.1 Å². The Morgan fingerprint density at radius 3 is 2.62 bits per heavy atom. The fourth-order valence-corrected chi connectivity index (χ4v) is 3.60. The fourth-order valence-electron chi connectivity index (χ4n) is 3.15. The lowest BCUT2D eigenvalue weighted by Gasteiger charge is -2.15. The predicted octanol–water partition coefficient (Wildman–Crippen LogP) is 4.09. The highest BCUT2D eigenvalue weighted by Gasteiger charge is 2.14. The molecule has 6 heteroatoms. The number of benzene rings is 3. The van der Waals surface area contributed by atoms with Crippen LogP contribution in [-0.2, 0) is 28.7 Å². The molecular formula is C20H17FO4S. The maximum Gasteiger partial charge on any atom is 0.307 e. The van der Waals surface area contributed by atoms with Crippen LogP contribution >= 0.6 is 0 Å². The van der Waals surface area contributed by atoms with Gasteiger partial charge in [-0.2, -0.15) is 0 Å². The van der Waals surface area contributed by atoms with Crippen molar-refractivity contribution in [2.75, 3.05) is 0 Å². The van der Waals surface area contributed by atoms with Crippen molar-refractivity contribution in [1.29, 1.82) is 0 Å². The van der Waals surface area contributed by atoms with Crippen molar-refractivity contribution >= 4 is 27.8 Å². The van der Waals surface area contributed by atoms with Crippen molar-refractivity contribution < 1.29 is 23.1 Å². The van der Waals surface area contributed by atoms with Gasteiger partial charge in [0.25, 0.3) is 0 Å². The summed E-state index contributed by atoms with van der Waals surface area (Å²) < 4.78 is 34.4. The van der Waals surface area contributed by atoms with Gasteiger partial charge in [-0.05, 0) is 70.6 Å². The minimum Gasteiger partial charge on any atom is -0.481 e. The first kappa shape index (κ1) is 18.2. The van der Waals surface area contributed by atoms with Gasteiger partial charge in [0.1, 0.15) is 5.82 Å². The Morgan fingerprint density at radius 2 is 1.92 bits per heavy atom. The Hall–Kier alpha value is -2.57. The Balaban J connectivity index is 2.17. The van der Waals surface area contributed by atoms with Crippen LogP contribution in [-0.4, -0.2) is 19.8 Å². The number of halogens is 1. The summed E-state index contributed by atoms with van der Waals surface area (Å²) in [4.78, 5) is 11.5. The highest BCUT2D eigenvalue weighted by molar-refractivity contribution is 7.79. The largest absolute Gasteiger partial charge is 0.481 e. The van der Waals surface area contributed by atoms with Crippen LogP contribution in [0.4, 0.5) is 4.39 Å². The summed E-state index contributed by atoms with van der Waals surface area (Å²) in [6.45, 7) is 1.83. The Bertz CT molecular complexity index is 1030. The molecule has 0 aliphatic rings. The van der Waals surface area contributed by atoms with E-state index in [0.29, 0.717) is 17.4 Å². The molecule has 3 aromatic rings. The van der Waals surface area contributed by atoms with Gasteiger partial charge in [-0.1, -0.05) is 24.3 Å². The summed E-state index contributed by atoms with van der Waals surface area (Å²) >= 11 is -2.08. The molecule has 0 heterocycles. The third-order valence-electron chi connectivity index (χ3n) is 4.43. The van der Waals surface area contributed by atoms with E-state index in [4.69, 9.17) is 5.11 Å². The summed E-state index contributed by atoms with van der Waals surface area (Å²) in [7, 11) is 0. The molecule has 0 aliphatic carbocycles. The summed E-state index contributed by atoms with van der Waals surface area (Å²) in [5, 5.41) is 10.6. The molecule has 1 atom stereocenters. The van der Waals surface area contributed by atoms with Gasteiger partial charge in [0, 0.05) is 0 Å². The monoisotopic (exact) mass is 372 g/mol. The van der Waals surface area contributed by atoms with Gasteiger partial charge in [0.2, 0.25) is 0 Å². The molecule has 26 heavy (non-hydrogen) atoms. The molecule has 0 radical (unpaired) electrons. The number of aliphatic carboxylic acids is 1. The van der Waals surface area contributed by atoms with E-state index in [1.54, 1.807) is 30.3 Å². The van der Waals surface area contributed by atoms with Crippen LogP contribution in [0.1, 0.15) is 22.3 Å². The minimum atomic E-state index is -2.08. The molecule has 4 nitrogen and oxygen atoms in total. The molecule has 0 saturated carbocycles. The predicted molar refractivity (Wildman–Crippen MR) is 98.3 cm³/mol. The number of hydrogen-bond acceptors (Lipinski definition) is 2. The number of carboxylic acid groups (broad SMARTS) is 1. The smallest absolute Gasteiger partial charge is 0.307 e. The van der Waals surface area contributed by atoms with Crippen LogP contribution in [0, 0.1) is 12.7 Å². The van der Waals surface area contributed by atoms with Crippen LogP contribution < -0.4 is 0 Å². The van der Waals surface area contributed by atoms with Gasteiger partial charge in [-0.3, -0.25) is 4.79 Å². The highest BCUT2D eigenvalue weighted by atomic mass is 32.2. The summed E-state index contributed by atoms with van der Waals surface area (Å²) in [6.07, 6.45) is 0.289. The zero-order valence-electron chi connectivity index (χ0n) is 14.0. The zero-order chi connectivity index (χ0) is 18.8.